The average molecular weight is 319 g/mol. The summed E-state index contributed by atoms with van der Waals surface area (Å²) >= 11 is 0. The van der Waals surface area contributed by atoms with Crippen LogP contribution >= 0.6 is 0 Å². The summed E-state index contributed by atoms with van der Waals surface area (Å²) in [6.45, 7) is 1.05. The number of hydrogen-bond donors (Lipinski definition) is 2. The van der Waals surface area contributed by atoms with E-state index in [9.17, 15) is 9.90 Å². The molecular weight excluding hydrogens is 294 g/mol. The summed E-state index contributed by atoms with van der Waals surface area (Å²) in [5.74, 6) is 0. The number of ether oxygens (including phenoxy) is 2. The zero-order valence-corrected chi connectivity index (χ0v) is 13.4. The predicted molar refractivity (Wildman–Crippen MR) is 85.9 cm³/mol. The molecule has 1 saturated carbocycles. The van der Waals surface area contributed by atoms with E-state index in [0.717, 1.165) is 44.3 Å². The maximum atomic E-state index is 12.2. The van der Waals surface area contributed by atoms with Crippen LogP contribution in [-0.4, -0.2) is 36.6 Å². The summed E-state index contributed by atoms with van der Waals surface area (Å²) < 4.78 is 11.1. The van der Waals surface area contributed by atoms with Crippen molar-refractivity contribution in [2.45, 2.75) is 50.9 Å². The van der Waals surface area contributed by atoms with Crippen LogP contribution in [0.5, 0.6) is 0 Å². The molecule has 2 fully saturated rings. The van der Waals surface area contributed by atoms with E-state index in [2.05, 4.69) is 5.32 Å². The quantitative estimate of drug-likeness (QED) is 0.846. The van der Waals surface area contributed by atoms with Crippen LogP contribution in [0.3, 0.4) is 0 Å². The largest absolute Gasteiger partial charge is 0.445 e. The maximum absolute atomic E-state index is 12.2. The van der Waals surface area contributed by atoms with Crippen LogP contribution in [0, 0.1) is 5.41 Å². The number of aliphatic hydroxyl groups excluding tert-OH is 1. The standard InChI is InChI=1S/C18H25NO4/c20-13-18(9-5-10-18)16(15-8-4-11-22-15)19-17(21)23-12-14-6-2-1-3-7-14/h1-3,6-7,15-16,20H,4-5,8-13H2,(H,19,21). The number of aliphatic hydroxyl groups is 1. The maximum Gasteiger partial charge on any atom is 0.407 e. The highest BCUT2D eigenvalue weighted by molar-refractivity contribution is 5.68. The van der Waals surface area contributed by atoms with Gasteiger partial charge in [0, 0.05) is 12.0 Å². The van der Waals surface area contributed by atoms with Gasteiger partial charge in [0.05, 0.1) is 18.8 Å². The molecule has 2 aliphatic rings. The van der Waals surface area contributed by atoms with E-state index in [-0.39, 0.29) is 30.8 Å². The van der Waals surface area contributed by atoms with Gasteiger partial charge in [-0.05, 0) is 31.2 Å². The number of benzene rings is 1. The van der Waals surface area contributed by atoms with Gasteiger partial charge in [-0.25, -0.2) is 4.79 Å². The van der Waals surface area contributed by atoms with E-state index < -0.39 is 6.09 Å². The van der Waals surface area contributed by atoms with Crippen molar-refractivity contribution in [2.24, 2.45) is 5.41 Å². The molecule has 23 heavy (non-hydrogen) atoms. The molecule has 0 spiro atoms. The SMILES string of the molecule is O=C(NC(C1CCCO1)C1(CO)CCC1)OCc1ccccc1. The van der Waals surface area contributed by atoms with Crippen LogP contribution in [-0.2, 0) is 16.1 Å². The topological polar surface area (TPSA) is 67.8 Å². The first-order valence-electron chi connectivity index (χ1n) is 8.43. The van der Waals surface area contributed by atoms with E-state index >= 15 is 0 Å². The molecule has 3 rings (SSSR count). The van der Waals surface area contributed by atoms with Gasteiger partial charge in [-0.3, -0.25) is 0 Å². The molecule has 2 N–H and O–H groups in total. The van der Waals surface area contributed by atoms with Crippen molar-refractivity contribution < 1.29 is 19.4 Å². The Kier molecular flexibility index (Phi) is 5.18. The van der Waals surface area contributed by atoms with Crippen molar-refractivity contribution in [3.8, 4) is 0 Å². The lowest BCUT2D eigenvalue weighted by atomic mass is 9.63. The summed E-state index contributed by atoms with van der Waals surface area (Å²) in [4.78, 5) is 12.2. The monoisotopic (exact) mass is 319 g/mol. The molecule has 1 saturated heterocycles. The fourth-order valence-corrected chi connectivity index (χ4v) is 3.60. The molecule has 1 aliphatic heterocycles. The van der Waals surface area contributed by atoms with Crippen LogP contribution in [0.2, 0.25) is 0 Å². The minimum absolute atomic E-state index is 0.0216. The molecule has 1 heterocycles. The summed E-state index contributed by atoms with van der Waals surface area (Å²) in [5, 5.41) is 12.8. The Morgan fingerprint density at radius 3 is 2.70 bits per heavy atom. The summed E-state index contributed by atoms with van der Waals surface area (Å²) in [5.41, 5.74) is 0.706. The normalized spacial score (nSPS) is 23.8. The highest BCUT2D eigenvalue weighted by Crippen LogP contribution is 2.46. The van der Waals surface area contributed by atoms with Gasteiger partial charge in [0.25, 0.3) is 0 Å². The number of amides is 1. The first-order chi connectivity index (χ1) is 11.2. The van der Waals surface area contributed by atoms with Crippen LogP contribution < -0.4 is 5.32 Å². The van der Waals surface area contributed by atoms with Gasteiger partial charge in [-0.1, -0.05) is 36.8 Å². The zero-order valence-electron chi connectivity index (χ0n) is 13.4. The zero-order chi connectivity index (χ0) is 16.1. The van der Waals surface area contributed by atoms with Gasteiger partial charge < -0.3 is 19.9 Å². The second-order valence-corrected chi connectivity index (χ2v) is 6.61. The number of nitrogens with one attached hydrogen (secondary N) is 1. The van der Waals surface area contributed by atoms with Crippen molar-refractivity contribution in [3.63, 3.8) is 0 Å². The van der Waals surface area contributed by atoms with E-state index in [1.807, 2.05) is 30.3 Å². The molecule has 2 unspecified atom stereocenters. The number of carbonyl (C=O) groups is 1. The van der Waals surface area contributed by atoms with Gasteiger partial charge in [0.1, 0.15) is 6.61 Å². The molecule has 2 atom stereocenters. The van der Waals surface area contributed by atoms with E-state index in [1.165, 1.54) is 0 Å². The molecule has 0 bridgehead atoms. The fraction of sp³-hybridized carbons (Fsp3) is 0.611. The predicted octanol–water partition coefficient (Wildman–Crippen LogP) is 2.62. The minimum atomic E-state index is -0.436. The number of rotatable bonds is 6. The molecule has 0 radical (unpaired) electrons. The fourth-order valence-electron chi connectivity index (χ4n) is 3.60. The number of hydrogen-bond acceptors (Lipinski definition) is 4. The van der Waals surface area contributed by atoms with Crippen molar-refractivity contribution in [1.29, 1.82) is 0 Å². The number of carbonyl (C=O) groups excluding carboxylic acids is 1. The van der Waals surface area contributed by atoms with Gasteiger partial charge >= 0.3 is 6.09 Å². The van der Waals surface area contributed by atoms with E-state index in [0.29, 0.717) is 0 Å². The lowest BCUT2D eigenvalue weighted by Gasteiger charge is -2.48. The highest BCUT2D eigenvalue weighted by atomic mass is 16.5. The third kappa shape index (κ3) is 3.67. The molecule has 5 nitrogen and oxygen atoms in total. The van der Waals surface area contributed by atoms with E-state index in [1.54, 1.807) is 0 Å². The number of alkyl carbamates (subject to hydrolysis) is 1. The van der Waals surface area contributed by atoms with Crippen LogP contribution in [0.25, 0.3) is 0 Å². The Bertz CT molecular complexity index is 504. The molecule has 5 heteroatoms. The summed E-state index contributed by atoms with van der Waals surface area (Å²) in [6, 6.07) is 9.44. The molecule has 1 aliphatic carbocycles. The first kappa shape index (κ1) is 16.3. The highest BCUT2D eigenvalue weighted by Gasteiger charge is 2.49. The molecule has 0 aromatic heterocycles. The molecule has 126 valence electrons. The van der Waals surface area contributed by atoms with Crippen molar-refractivity contribution >= 4 is 6.09 Å². The van der Waals surface area contributed by atoms with Crippen LogP contribution in [0.1, 0.15) is 37.7 Å². The van der Waals surface area contributed by atoms with Crippen molar-refractivity contribution in [3.05, 3.63) is 35.9 Å². The first-order valence-corrected chi connectivity index (χ1v) is 8.43. The average Bonchev–Trinajstić information content (AvgIpc) is 3.06. The Hall–Kier alpha value is -1.59. The second kappa shape index (κ2) is 7.32. The van der Waals surface area contributed by atoms with Crippen LogP contribution in [0.4, 0.5) is 4.79 Å². The lowest BCUT2D eigenvalue weighted by Crippen LogP contribution is -2.58. The molecular formula is C18H25NO4. The third-order valence-electron chi connectivity index (χ3n) is 5.15. The summed E-state index contributed by atoms with van der Waals surface area (Å²) in [7, 11) is 0. The van der Waals surface area contributed by atoms with Crippen LogP contribution in [0.15, 0.2) is 30.3 Å². The second-order valence-electron chi connectivity index (χ2n) is 6.61. The van der Waals surface area contributed by atoms with E-state index in [4.69, 9.17) is 9.47 Å². The summed E-state index contributed by atoms with van der Waals surface area (Å²) in [6.07, 6.45) is 4.40. The smallest absolute Gasteiger partial charge is 0.407 e. The van der Waals surface area contributed by atoms with Gasteiger partial charge in [-0.15, -0.1) is 0 Å². The Labute approximate surface area is 137 Å². The Balaban J connectivity index is 1.60. The molecule has 1 aromatic rings. The third-order valence-corrected chi connectivity index (χ3v) is 5.15. The van der Waals surface area contributed by atoms with Gasteiger partial charge in [0.15, 0.2) is 0 Å². The molecule has 1 amide bonds. The minimum Gasteiger partial charge on any atom is -0.445 e. The van der Waals surface area contributed by atoms with Crippen molar-refractivity contribution in [1.82, 2.24) is 5.32 Å². The van der Waals surface area contributed by atoms with Crippen molar-refractivity contribution in [2.75, 3.05) is 13.2 Å². The Morgan fingerprint density at radius 2 is 2.13 bits per heavy atom. The lowest BCUT2D eigenvalue weighted by molar-refractivity contribution is -0.0500. The van der Waals surface area contributed by atoms with Gasteiger partial charge in [0.2, 0.25) is 0 Å². The molecule has 1 aromatic carbocycles. The van der Waals surface area contributed by atoms with Gasteiger partial charge in [-0.2, -0.15) is 0 Å². The Morgan fingerprint density at radius 1 is 1.35 bits per heavy atom.